The van der Waals surface area contributed by atoms with E-state index in [2.05, 4.69) is 24.0 Å². The average Bonchev–Trinajstić information content (AvgIpc) is 2.69. The van der Waals surface area contributed by atoms with Crippen LogP contribution in [0.25, 0.3) is 6.08 Å². The van der Waals surface area contributed by atoms with Crippen LogP contribution < -0.4 is 4.74 Å². The second-order valence-corrected chi connectivity index (χ2v) is 7.16. The molecule has 1 aliphatic rings. The fraction of sp³-hybridized carbons (Fsp3) is 0.348. The quantitative estimate of drug-likeness (QED) is 0.787. The molecule has 27 heavy (non-hydrogen) atoms. The Morgan fingerprint density at radius 1 is 1.15 bits per heavy atom. The number of carbonyl (C=O) groups is 1. The third kappa shape index (κ3) is 5.69. The lowest BCUT2D eigenvalue weighted by atomic mass is 9.93. The van der Waals surface area contributed by atoms with Crippen LogP contribution in [-0.4, -0.2) is 35.1 Å². The van der Waals surface area contributed by atoms with E-state index < -0.39 is 5.97 Å². The van der Waals surface area contributed by atoms with Gasteiger partial charge in [0.1, 0.15) is 12.4 Å². The number of carboxylic acid groups (broad SMARTS) is 1. The number of nitrogens with zero attached hydrogens (tertiary/aromatic N) is 1. The zero-order valence-corrected chi connectivity index (χ0v) is 15.8. The Morgan fingerprint density at radius 3 is 2.59 bits per heavy atom. The summed E-state index contributed by atoms with van der Waals surface area (Å²) in [5.74, 6) is -0.0671. The normalized spacial score (nSPS) is 20.6. The zero-order valence-electron chi connectivity index (χ0n) is 15.8. The highest BCUT2D eigenvalue weighted by molar-refractivity contribution is 5.70. The molecule has 2 aromatic carbocycles. The lowest BCUT2D eigenvalue weighted by molar-refractivity contribution is -0.144. The molecule has 0 amide bonds. The standard InChI is InChI=1S/C23H27NO3/c1-18-9-12-21(23(25)26)16-24(18)15-5-8-19-10-13-22(14-11-19)27-17-20-6-3-2-4-7-20/h2-8,10-11,13-14,18,21H,9,12,15-17H2,1H3,(H,25,26)/b8-5+. The summed E-state index contributed by atoms with van der Waals surface area (Å²) in [4.78, 5) is 13.5. The number of hydrogen-bond acceptors (Lipinski definition) is 3. The Balaban J connectivity index is 1.49. The first-order chi connectivity index (χ1) is 13.1. The summed E-state index contributed by atoms with van der Waals surface area (Å²) in [6.07, 6.45) is 5.91. The molecule has 0 aliphatic carbocycles. The molecule has 2 unspecified atom stereocenters. The molecule has 2 atom stereocenters. The molecule has 0 saturated carbocycles. The number of likely N-dealkylation sites (tertiary alicyclic amines) is 1. The summed E-state index contributed by atoms with van der Waals surface area (Å²) < 4.78 is 5.81. The minimum atomic E-state index is -0.679. The van der Waals surface area contributed by atoms with E-state index in [0.717, 1.165) is 36.3 Å². The van der Waals surface area contributed by atoms with Crippen molar-refractivity contribution >= 4 is 12.0 Å². The molecule has 4 nitrogen and oxygen atoms in total. The highest BCUT2D eigenvalue weighted by Gasteiger charge is 2.28. The van der Waals surface area contributed by atoms with Gasteiger partial charge < -0.3 is 9.84 Å². The molecule has 0 bridgehead atoms. The van der Waals surface area contributed by atoms with Crippen LogP contribution in [0.4, 0.5) is 0 Å². The summed E-state index contributed by atoms with van der Waals surface area (Å²) in [6.45, 7) is 4.14. The second-order valence-electron chi connectivity index (χ2n) is 7.16. The van der Waals surface area contributed by atoms with Crippen LogP contribution in [0.3, 0.4) is 0 Å². The third-order valence-electron chi connectivity index (χ3n) is 5.14. The summed E-state index contributed by atoms with van der Waals surface area (Å²) in [7, 11) is 0. The van der Waals surface area contributed by atoms with Gasteiger partial charge in [-0.2, -0.15) is 0 Å². The SMILES string of the molecule is CC1CCC(C(=O)O)CN1C/C=C/c1ccc(OCc2ccccc2)cc1. The van der Waals surface area contributed by atoms with Crippen molar-refractivity contribution in [3.05, 3.63) is 71.8 Å². The maximum atomic E-state index is 11.2. The predicted octanol–water partition coefficient (Wildman–Crippen LogP) is 4.46. The summed E-state index contributed by atoms with van der Waals surface area (Å²) in [6, 6.07) is 18.6. The van der Waals surface area contributed by atoms with Crippen LogP contribution in [0, 0.1) is 5.92 Å². The number of aliphatic carboxylic acids is 1. The number of benzene rings is 2. The monoisotopic (exact) mass is 365 g/mol. The minimum absolute atomic E-state index is 0.240. The highest BCUT2D eigenvalue weighted by atomic mass is 16.5. The van der Waals surface area contributed by atoms with Gasteiger partial charge in [0.25, 0.3) is 0 Å². The van der Waals surface area contributed by atoms with E-state index in [1.54, 1.807) is 0 Å². The molecule has 1 aliphatic heterocycles. The Bertz CT molecular complexity index is 755. The van der Waals surface area contributed by atoms with Gasteiger partial charge in [0, 0.05) is 19.1 Å². The van der Waals surface area contributed by atoms with Crippen molar-refractivity contribution in [3.8, 4) is 5.75 Å². The fourth-order valence-corrected chi connectivity index (χ4v) is 3.38. The van der Waals surface area contributed by atoms with Crippen molar-refractivity contribution in [1.82, 2.24) is 4.90 Å². The number of ether oxygens (including phenoxy) is 1. The molecule has 0 spiro atoms. The Kier molecular flexibility index (Phi) is 6.66. The first-order valence-corrected chi connectivity index (χ1v) is 9.52. The summed E-state index contributed by atoms with van der Waals surface area (Å²) >= 11 is 0. The van der Waals surface area contributed by atoms with Crippen LogP contribution in [-0.2, 0) is 11.4 Å². The molecular formula is C23H27NO3. The van der Waals surface area contributed by atoms with Crippen molar-refractivity contribution in [3.63, 3.8) is 0 Å². The van der Waals surface area contributed by atoms with Gasteiger partial charge in [-0.15, -0.1) is 0 Å². The number of rotatable bonds is 7. The maximum absolute atomic E-state index is 11.2. The van der Waals surface area contributed by atoms with Crippen molar-refractivity contribution < 1.29 is 14.6 Å². The largest absolute Gasteiger partial charge is 0.489 e. The molecule has 0 radical (unpaired) electrons. The van der Waals surface area contributed by atoms with Crippen LogP contribution in [0.2, 0.25) is 0 Å². The van der Waals surface area contributed by atoms with Gasteiger partial charge in [0.05, 0.1) is 5.92 Å². The molecule has 3 rings (SSSR count). The van der Waals surface area contributed by atoms with Crippen molar-refractivity contribution in [1.29, 1.82) is 0 Å². The Labute approximate surface area is 161 Å². The lowest BCUT2D eigenvalue weighted by Gasteiger charge is -2.35. The maximum Gasteiger partial charge on any atom is 0.307 e. The van der Waals surface area contributed by atoms with Crippen LogP contribution in [0.5, 0.6) is 5.75 Å². The third-order valence-corrected chi connectivity index (χ3v) is 5.14. The summed E-state index contributed by atoms with van der Waals surface area (Å²) in [5.41, 5.74) is 2.26. The van der Waals surface area contributed by atoms with E-state index in [-0.39, 0.29) is 5.92 Å². The van der Waals surface area contributed by atoms with Crippen LogP contribution >= 0.6 is 0 Å². The van der Waals surface area contributed by atoms with E-state index in [4.69, 9.17) is 4.74 Å². The van der Waals surface area contributed by atoms with Gasteiger partial charge in [-0.25, -0.2) is 0 Å². The first-order valence-electron chi connectivity index (χ1n) is 9.52. The van der Waals surface area contributed by atoms with Gasteiger partial charge in [-0.1, -0.05) is 54.6 Å². The molecule has 1 saturated heterocycles. The number of carboxylic acids is 1. The molecule has 1 heterocycles. The molecule has 2 aromatic rings. The number of hydrogen-bond donors (Lipinski definition) is 1. The molecular weight excluding hydrogens is 338 g/mol. The van der Waals surface area contributed by atoms with Gasteiger partial charge in [0.2, 0.25) is 0 Å². The van der Waals surface area contributed by atoms with Gasteiger partial charge >= 0.3 is 5.97 Å². The lowest BCUT2D eigenvalue weighted by Crippen LogP contribution is -2.44. The van der Waals surface area contributed by atoms with E-state index in [0.29, 0.717) is 19.2 Å². The van der Waals surface area contributed by atoms with Crippen LogP contribution in [0.15, 0.2) is 60.7 Å². The number of piperidine rings is 1. The molecule has 142 valence electrons. The van der Waals surface area contributed by atoms with Crippen molar-refractivity contribution in [2.24, 2.45) is 5.92 Å². The van der Waals surface area contributed by atoms with Crippen LogP contribution in [0.1, 0.15) is 30.9 Å². The topological polar surface area (TPSA) is 49.8 Å². The summed E-state index contributed by atoms with van der Waals surface area (Å²) in [5, 5.41) is 9.23. The predicted molar refractivity (Wildman–Crippen MR) is 108 cm³/mol. The minimum Gasteiger partial charge on any atom is -0.489 e. The van der Waals surface area contributed by atoms with Crippen molar-refractivity contribution in [2.45, 2.75) is 32.4 Å². The van der Waals surface area contributed by atoms with Gasteiger partial charge in [-0.3, -0.25) is 9.69 Å². The average molecular weight is 365 g/mol. The van der Waals surface area contributed by atoms with Gasteiger partial charge in [-0.05, 0) is 43.0 Å². The van der Waals surface area contributed by atoms with E-state index in [9.17, 15) is 9.90 Å². The van der Waals surface area contributed by atoms with E-state index in [1.165, 1.54) is 0 Å². The van der Waals surface area contributed by atoms with Gasteiger partial charge in [0.15, 0.2) is 0 Å². The van der Waals surface area contributed by atoms with E-state index >= 15 is 0 Å². The Hall–Kier alpha value is -2.59. The molecule has 1 N–H and O–H groups in total. The first kappa shape index (κ1) is 19.2. The zero-order chi connectivity index (χ0) is 19.1. The molecule has 0 aromatic heterocycles. The van der Waals surface area contributed by atoms with Crippen molar-refractivity contribution in [2.75, 3.05) is 13.1 Å². The second kappa shape index (κ2) is 9.38. The Morgan fingerprint density at radius 2 is 1.89 bits per heavy atom. The highest BCUT2D eigenvalue weighted by Crippen LogP contribution is 2.22. The van der Waals surface area contributed by atoms with E-state index in [1.807, 2.05) is 54.6 Å². The fourth-order valence-electron chi connectivity index (χ4n) is 3.38. The molecule has 1 fully saturated rings. The molecule has 4 heteroatoms. The smallest absolute Gasteiger partial charge is 0.307 e.